The molecular weight excluding hydrogens is 198 g/mol. The number of ether oxygens (including phenoxy) is 2. The molecule has 5 heteroatoms. The average molecular weight is 221 g/mol. The molecule has 1 amide bonds. The van der Waals surface area contributed by atoms with E-state index in [1.54, 1.807) is 20.8 Å². The molecule has 0 aromatic rings. The van der Waals surface area contributed by atoms with Crippen molar-refractivity contribution in [2.24, 2.45) is 0 Å². The van der Waals surface area contributed by atoms with E-state index in [2.05, 4.69) is 10.1 Å². The monoisotopic (exact) mass is 221 g/mol. The third-order valence-electron chi connectivity index (χ3n) is 1.00. The zero-order valence-electron chi connectivity index (χ0n) is 10.3. The molecule has 0 aliphatic heterocycles. The van der Waals surface area contributed by atoms with Gasteiger partial charge in [-0.1, -0.05) is 13.8 Å². The van der Waals surface area contributed by atoms with Crippen LogP contribution < -0.4 is 5.32 Å². The molecule has 0 aliphatic carbocycles. The Labute approximate surface area is 92.6 Å². The van der Waals surface area contributed by atoms with Crippen molar-refractivity contribution in [1.82, 2.24) is 5.32 Å². The topological polar surface area (TPSA) is 64.6 Å². The summed E-state index contributed by atoms with van der Waals surface area (Å²) in [6.07, 6.45) is -0.627. The molecule has 0 saturated carbocycles. The predicted octanol–water partition coefficient (Wildman–Crippen LogP) is 1.96. The summed E-state index contributed by atoms with van der Waals surface area (Å²) in [5.74, 6) is -0.508. The highest BCUT2D eigenvalue weighted by molar-refractivity contribution is 5.77. The number of methoxy groups -OCH3 is 1. The van der Waals surface area contributed by atoms with Crippen molar-refractivity contribution in [2.45, 2.75) is 40.2 Å². The van der Waals surface area contributed by atoms with Crippen LogP contribution in [0.4, 0.5) is 4.79 Å². The number of carbonyl (C=O) groups excluding carboxylic acids is 2. The van der Waals surface area contributed by atoms with Crippen molar-refractivity contribution in [3.05, 3.63) is 0 Å². The average Bonchev–Trinajstić information content (AvgIpc) is 2.14. The standard InChI is InChI=1S/C8H15NO4.C2H6.H2/c1-8(2,3)13-7(11)9-5-6(10)12-4;1-2;/h5H2,1-4H3,(H,9,11);1-2H3;1H. The van der Waals surface area contributed by atoms with Crippen molar-refractivity contribution in [2.75, 3.05) is 13.7 Å². The van der Waals surface area contributed by atoms with Crippen LogP contribution in [0, 0.1) is 0 Å². The van der Waals surface area contributed by atoms with Gasteiger partial charge in [-0.2, -0.15) is 0 Å². The van der Waals surface area contributed by atoms with Crippen LogP contribution in [0.2, 0.25) is 0 Å². The molecule has 15 heavy (non-hydrogen) atoms. The van der Waals surface area contributed by atoms with E-state index in [0.717, 1.165) is 0 Å². The van der Waals surface area contributed by atoms with Crippen LogP contribution in [-0.4, -0.2) is 31.3 Å². The summed E-state index contributed by atoms with van der Waals surface area (Å²) in [7, 11) is 1.25. The highest BCUT2D eigenvalue weighted by atomic mass is 16.6. The molecule has 0 rings (SSSR count). The minimum Gasteiger partial charge on any atom is -0.468 e. The first kappa shape index (κ1) is 16.2. The van der Waals surface area contributed by atoms with Crippen molar-refractivity contribution >= 4 is 12.1 Å². The molecule has 0 unspecified atom stereocenters. The summed E-state index contributed by atoms with van der Waals surface area (Å²) >= 11 is 0. The Bertz CT molecular complexity index is 201. The van der Waals surface area contributed by atoms with Crippen LogP contribution in [0.3, 0.4) is 0 Å². The molecule has 0 heterocycles. The molecule has 0 aromatic heterocycles. The zero-order chi connectivity index (χ0) is 12.5. The Morgan fingerprint density at radius 1 is 1.27 bits per heavy atom. The lowest BCUT2D eigenvalue weighted by Gasteiger charge is -2.19. The maximum atomic E-state index is 10.9. The van der Waals surface area contributed by atoms with E-state index in [4.69, 9.17) is 4.74 Å². The minimum absolute atomic E-state index is 0. The fraction of sp³-hybridized carbons (Fsp3) is 0.800. The van der Waals surface area contributed by atoms with Crippen molar-refractivity contribution in [3.63, 3.8) is 0 Å². The number of alkyl carbamates (subject to hydrolysis) is 1. The number of hydrogen-bond acceptors (Lipinski definition) is 4. The number of amides is 1. The molecule has 0 aliphatic rings. The third-order valence-corrected chi connectivity index (χ3v) is 1.00. The quantitative estimate of drug-likeness (QED) is 0.724. The van der Waals surface area contributed by atoms with Crippen molar-refractivity contribution < 1.29 is 20.5 Å². The zero-order valence-corrected chi connectivity index (χ0v) is 10.3. The first-order valence-corrected chi connectivity index (χ1v) is 4.89. The molecule has 1 N–H and O–H groups in total. The van der Waals surface area contributed by atoms with E-state index in [0.29, 0.717) is 0 Å². The van der Waals surface area contributed by atoms with Crippen LogP contribution in [0.15, 0.2) is 0 Å². The molecule has 0 aromatic carbocycles. The smallest absolute Gasteiger partial charge is 0.408 e. The summed E-state index contributed by atoms with van der Waals surface area (Å²) in [6.45, 7) is 9.05. The molecule has 0 saturated heterocycles. The van der Waals surface area contributed by atoms with Gasteiger partial charge in [0.05, 0.1) is 7.11 Å². The lowest BCUT2D eigenvalue weighted by atomic mass is 10.2. The van der Waals surface area contributed by atoms with E-state index in [-0.39, 0.29) is 7.97 Å². The second kappa shape index (κ2) is 8.08. The summed E-state index contributed by atoms with van der Waals surface area (Å²) in [4.78, 5) is 21.5. The van der Waals surface area contributed by atoms with Gasteiger partial charge in [-0.3, -0.25) is 4.79 Å². The van der Waals surface area contributed by atoms with Gasteiger partial charge in [-0.15, -0.1) is 0 Å². The molecule has 0 bridgehead atoms. The van der Waals surface area contributed by atoms with Crippen molar-refractivity contribution in [1.29, 1.82) is 0 Å². The second-order valence-electron chi connectivity index (χ2n) is 3.43. The van der Waals surface area contributed by atoms with Gasteiger partial charge in [0.1, 0.15) is 12.1 Å². The fourth-order valence-corrected chi connectivity index (χ4v) is 0.531. The number of nitrogens with one attached hydrogen (secondary N) is 1. The van der Waals surface area contributed by atoms with Gasteiger partial charge < -0.3 is 14.8 Å². The molecule has 0 atom stereocenters. The normalized spacial score (nSPS) is 9.47. The van der Waals surface area contributed by atoms with E-state index in [1.807, 2.05) is 13.8 Å². The molecule has 0 spiro atoms. The SMILES string of the molecule is CC.COC(=O)CNC(=O)OC(C)(C)C.[HH]. The Kier molecular flexibility index (Phi) is 8.72. The van der Waals surface area contributed by atoms with Crippen LogP contribution in [-0.2, 0) is 14.3 Å². The molecule has 0 fully saturated rings. The number of rotatable bonds is 2. The van der Waals surface area contributed by atoms with Gasteiger partial charge in [0.2, 0.25) is 0 Å². The maximum Gasteiger partial charge on any atom is 0.408 e. The van der Waals surface area contributed by atoms with Gasteiger partial charge in [0.25, 0.3) is 0 Å². The largest absolute Gasteiger partial charge is 0.468 e. The highest BCUT2D eigenvalue weighted by Gasteiger charge is 2.16. The summed E-state index contributed by atoms with van der Waals surface area (Å²) in [5.41, 5.74) is -0.555. The molecule has 92 valence electrons. The molecular formula is C10H23NO4. The second-order valence-corrected chi connectivity index (χ2v) is 3.43. The maximum absolute atomic E-state index is 10.9. The number of carbonyl (C=O) groups is 2. The lowest BCUT2D eigenvalue weighted by Crippen LogP contribution is -2.35. The Balaban J connectivity index is -0.000000529. The van der Waals surface area contributed by atoms with E-state index < -0.39 is 17.7 Å². The summed E-state index contributed by atoms with van der Waals surface area (Å²) in [5, 5.41) is 2.25. The molecule has 5 nitrogen and oxygen atoms in total. The van der Waals surface area contributed by atoms with E-state index in [9.17, 15) is 9.59 Å². The number of esters is 1. The van der Waals surface area contributed by atoms with Gasteiger partial charge in [-0.25, -0.2) is 4.79 Å². The summed E-state index contributed by atoms with van der Waals surface area (Å²) < 4.78 is 9.20. The van der Waals surface area contributed by atoms with Gasteiger partial charge in [0.15, 0.2) is 0 Å². The van der Waals surface area contributed by atoms with Gasteiger partial charge in [-0.05, 0) is 20.8 Å². The lowest BCUT2D eigenvalue weighted by molar-refractivity contribution is -0.139. The van der Waals surface area contributed by atoms with Crippen LogP contribution in [0.1, 0.15) is 36.0 Å². The third kappa shape index (κ3) is 12.7. The van der Waals surface area contributed by atoms with Crippen LogP contribution >= 0.6 is 0 Å². The van der Waals surface area contributed by atoms with Crippen LogP contribution in [0.25, 0.3) is 0 Å². The number of hydrogen-bond donors (Lipinski definition) is 1. The van der Waals surface area contributed by atoms with Gasteiger partial charge in [0, 0.05) is 1.43 Å². The van der Waals surface area contributed by atoms with E-state index >= 15 is 0 Å². The molecule has 0 radical (unpaired) electrons. The Hall–Kier alpha value is -1.26. The Morgan fingerprint density at radius 3 is 2.07 bits per heavy atom. The first-order chi connectivity index (χ1) is 6.85. The minimum atomic E-state index is -0.627. The highest BCUT2D eigenvalue weighted by Crippen LogP contribution is 2.05. The first-order valence-electron chi connectivity index (χ1n) is 4.89. The fourth-order valence-electron chi connectivity index (χ4n) is 0.531. The van der Waals surface area contributed by atoms with E-state index in [1.165, 1.54) is 7.11 Å². The van der Waals surface area contributed by atoms with Gasteiger partial charge >= 0.3 is 12.1 Å². The summed E-state index contributed by atoms with van der Waals surface area (Å²) in [6, 6.07) is 0. The van der Waals surface area contributed by atoms with Crippen LogP contribution in [0.5, 0.6) is 0 Å². The van der Waals surface area contributed by atoms with Crippen molar-refractivity contribution in [3.8, 4) is 0 Å². The Morgan fingerprint density at radius 2 is 1.73 bits per heavy atom. The predicted molar refractivity (Wildman–Crippen MR) is 59.7 cm³/mol.